The standard InChI is InChI=1S/C13H9Cl3N4/c14-7-13(16)19-6-11-10(20-13)4-8(5-18-11)12-9(15)2-1-3-17-12/h1-6,20H,7H2. The highest BCUT2D eigenvalue weighted by atomic mass is 35.5. The van der Waals surface area contributed by atoms with Gasteiger partial charge in [-0.1, -0.05) is 23.2 Å². The van der Waals surface area contributed by atoms with Crippen molar-refractivity contribution in [2.24, 2.45) is 4.99 Å². The van der Waals surface area contributed by atoms with Crippen LogP contribution in [0.5, 0.6) is 0 Å². The zero-order chi connectivity index (χ0) is 14.2. The first kappa shape index (κ1) is 13.6. The number of halogens is 3. The number of hydrogen-bond acceptors (Lipinski definition) is 4. The molecular weight excluding hydrogens is 319 g/mol. The summed E-state index contributed by atoms with van der Waals surface area (Å²) in [5, 5.41) is 2.58. The fraction of sp³-hybridized carbons (Fsp3) is 0.154. The number of nitrogens with zero attached hydrogens (tertiary/aromatic N) is 3. The Morgan fingerprint density at radius 1 is 1.30 bits per heavy atom. The second kappa shape index (κ2) is 5.20. The maximum atomic E-state index is 6.21. The minimum atomic E-state index is -1.04. The van der Waals surface area contributed by atoms with Crippen LogP contribution in [-0.2, 0) is 0 Å². The van der Waals surface area contributed by atoms with E-state index in [1.807, 2.05) is 6.07 Å². The van der Waals surface area contributed by atoms with E-state index in [-0.39, 0.29) is 5.88 Å². The van der Waals surface area contributed by atoms with Crippen LogP contribution in [0.4, 0.5) is 5.69 Å². The predicted molar refractivity (Wildman–Crippen MR) is 83.0 cm³/mol. The Kier molecular flexibility index (Phi) is 3.54. The Morgan fingerprint density at radius 2 is 2.15 bits per heavy atom. The van der Waals surface area contributed by atoms with Gasteiger partial charge in [-0.05, 0) is 18.2 Å². The molecule has 1 aliphatic rings. The van der Waals surface area contributed by atoms with Gasteiger partial charge in [0.15, 0.2) is 0 Å². The van der Waals surface area contributed by atoms with E-state index >= 15 is 0 Å². The molecule has 7 heteroatoms. The van der Waals surface area contributed by atoms with Crippen molar-refractivity contribution < 1.29 is 0 Å². The lowest BCUT2D eigenvalue weighted by atomic mass is 10.1. The van der Waals surface area contributed by atoms with Crippen LogP contribution in [0.25, 0.3) is 11.3 Å². The lowest BCUT2D eigenvalue weighted by Gasteiger charge is -2.27. The van der Waals surface area contributed by atoms with Crippen LogP contribution in [0, 0.1) is 0 Å². The van der Waals surface area contributed by atoms with E-state index in [1.165, 1.54) is 0 Å². The predicted octanol–water partition coefficient (Wildman–Crippen LogP) is 3.77. The summed E-state index contributed by atoms with van der Waals surface area (Å²) < 4.78 is 0. The van der Waals surface area contributed by atoms with E-state index < -0.39 is 5.12 Å². The molecule has 1 aliphatic heterocycles. The van der Waals surface area contributed by atoms with Gasteiger partial charge in [0.25, 0.3) is 0 Å². The summed E-state index contributed by atoms with van der Waals surface area (Å²) in [4.78, 5) is 12.7. The average Bonchev–Trinajstić information content (AvgIpc) is 2.47. The van der Waals surface area contributed by atoms with Crippen LogP contribution in [0.15, 0.2) is 35.6 Å². The van der Waals surface area contributed by atoms with Gasteiger partial charge in [0, 0.05) is 18.0 Å². The fourth-order valence-corrected chi connectivity index (χ4v) is 2.39. The van der Waals surface area contributed by atoms with Gasteiger partial charge in [-0.25, -0.2) is 4.99 Å². The quantitative estimate of drug-likeness (QED) is 0.674. The van der Waals surface area contributed by atoms with Gasteiger partial charge in [-0.15, -0.1) is 11.6 Å². The van der Waals surface area contributed by atoms with Crippen LogP contribution >= 0.6 is 34.8 Å². The topological polar surface area (TPSA) is 50.2 Å². The summed E-state index contributed by atoms with van der Waals surface area (Å²) in [6.45, 7) is 0. The summed E-state index contributed by atoms with van der Waals surface area (Å²) in [6.07, 6.45) is 4.98. The molecule has 0 fully saturated rings. The molecule has 0 aromatic carbocycles. The molecule has 20 heavy (non-hydrogen) atoms. The second-order valence-electron chi connectivity index (χ2n) is 4.27. The average molecular weight is 328 g/mol. The van der Waals surface area contributed by atoms with Crippen LogP contribution in [0.2, 0.25) is 5.02 Å². The first-order chi connectivity index (χ1) is 9.61. The lowest BCUT2D eigenvalue weighted by Crippen LogP contribution is -2.35. The van der Waals surface area contributed by atoms with Gasteiger partial charge in [0.2, 0.25) is 5.12 Å². The van der Waals surface area contributed by atoms with E-state index in [9.17, 15) is 0 Å². The molecule has 1 unspecified atom stereocenters. The van der Waals surface area contributed by atoms with E-state index in [4.69, 9.17) is 34.8 Å². The number of aliphatic imine (C=N–C) groups is 1. The second-order valence-corrected chi connectivity index (χ2v) is 5.57. The van der Waals surface area contributed by atoms with Crippen molar-refractivity contribution in [2.75, 3.05) is 11.2 Å². The van der Waals surface area contributed by atoms with Crippen molar-refractivity contribution in [3.63, 3.8) is 0 Å². The molecule has 4 nitrogen and oxygen atoms in total. The van der Waals surface area contributed by atoms with Gasteiger partial charge in [-0.2, -0.15) is 0 Å². The Hall–Kier alpha value is -1.36. The van der Waals surface area contributed by atoms with E-state index in [0.29, 0.717) is 16.4 Å². The third-order valence-electron chi connectivity index (χ3n) is 2.85. The van der Waals surface area contributed by atoms with E-state index in [0.717, 1.165) is 11.3 Å². The zero-order valence-electron chi connectivity index (χ0n) is 10.1. The molecule has 0 saturated carbocycles. The van der Waals surface area contributed by atoms with Crippen molar-refractivity contribution in [3.05, 3.63) is 41.3 Å². The minimum absolute atomic E-state index is 0.138. The zero-order valence-corrected chi connectivity index (χ0v) is 12.4. The molecule has 0 aliphatic carbocycles. The summed E-state index contributed by atoms with van der Waals surface area (Å²) in [6, 6.07) is 5.44. The molecule has 3 rings (SSSR count). The van der Waals surface area contributed by atoms with E-state index in [1.54, 1.807) is 30.7 Å². The Bertz CT molecular complexity index is 689. The highest BCUT2D eigenvalue weighted by Gasteiger charge is 2.28. The highest BCUT2D eigenvalue weighted by Crippen LogP contribution is 2.32. The maximum Gasteiger partial charge on any atom is 0.219 e. The summed E-state index contributed by atoms with van der Waals surface area (Å²) in [5.74, 6) is 0.138. The lowest BCUT2D eigenvalue weighted by molar-refractivity contribution is 0.766. The molecule has 1 N–H and O–H groups in total. The highest BCUT2D eigenvalue weighted by molar-refractivity contribution is 6.33. The summed E-state index contributed by atoms with van der Waals surface area (Å²) in [5.41, 5.74) is 2.91. The number of anilines is 1. The van der Waals surface area contributed by atoms with Crippen LogP contribution in [0.1, 0.15) is 5.69 Å². The first-order valence-electron chi connectivity index (χ1n) is 5.80. The van der Waals surface area contributed by atoms with Crippen molar-refractivity contribution >= 4 is 46.7 Å². The molecule has 0 saturated heterocycles. The number of aromatic nitrogens is 2. The first-order valence-corrected chi connectivity index (χ1v) is 7.09. The number of hydrogen-bond donors (Lipinski definition) is 1. The molecule has 2 aromatic heterocycles. The van der Waals surface area contributed by atoms with Gasteiger partial charge in [0.05, 0.1) is 28.5 Å². The normalized spacial score (nSPS) is 20.4. The van der Waals surface area contributed by atoms with Crippen molar-refractivity contribution in [1.29, 1.82) is 0 Å². The maximum absolute atomic E-state index is 6.21. The molecule has 3 heterocycles. The van der Waals surface area contributed by atoms with Crippen LogP contribution in [-0.4, -0.2) is 27.2 Å². The summed E-state index contributed by atoms with van der Waals surface area (Å²) in [7, 11) is 0. The molecule has 0 amide bonds. The summed E-state index contributed by atoms with van der Waals surface area (Å²) >= 11 is 18.2. The molecule has 1 atom stereocenters. The number of alkyl halides is 2. The van der Waals surface area contributed by atoms with Gasteiger partial charge in [0.1, 0.15) is 5.69 Å². The molecule has 0 radical (unpaired) electrons. The third kappa shape index (κ3) is 2.46. The SMILES string of the molecule is ClCC1(Cl)N=Cc2ncc(-c3ncccc3Cl)cc2N1. The molecule has 0 spiro atoms. The Balaban J connectivity index is 2.05. The molecular formula is C13H9Cl3N4. The number of rotatable bonds is 2. The van der Waals surface area contributed by atoms with Crippen molar-refractivity contribution in [3.8, 4) is 11.3 Å². The van der Waals surface area contributed by atoms with Gasteiger partial charge >= 0.3 is 0 Å². The molecule has 0 bridgehead atoms. The van der Waals surface area contributed by atoms with E-state index in [2.05, 4.69) is 20.3 Å². The van der Waals surface area contributed by atoms with Gasteiger partial charge in [-0.3, -0.25) is 9.97 Å². The number of fused-ring (bicyclic) bond motifs is 1. The monoisotopic (exact) mass is 326 g/mol. The van der Waals surface area contributed by atoms with Crippen molar-refractivity contribution in [2.45, 2.75) is 5.12 Å². The fourth-order valence-electron chi connectivity index (χ4n) is 1.88. The minimum Gasteiger partial charge on any atom is -0.346 e. The molecule has 102 valence electrons. The number of pyridine rings is 2. The largest absolute Gasteiger partial charge is 0.346 e. The Morgan fingerprint density at radius 3 is 2.90 bits per heavy atom. The smallest absolute Gasteiger partial charge is 0.219 e. The third-order valence-corrected chi connectivity index (χ3v) is 4.00. The van der Waals surface area contributed by atoms with Crippen LogP contribution in [0.3, 0.4) is 0 Å². The molecule has 2 aromatic rings. The van der Waals surface area contributed by atoms with Gasteiger partial charge < -0.3 is 5.32 Å². The number of nitrogens with one attached hydrogen (secondary N) is 1. The van der Waals surface area contributed by atoms with Crippen LogP contribution < -0.4 is 5.32 Å². The van der Waals surface area contributed by atoms with Crippen molar-refractivity contribution in [1.82, 2.24) is 9.97 Å². The Labute approximate surface area is 130 Å².